The van der Waals surface area contributed by atoms with Gasteiger partial charge in [-0.2, -0.15) is 0 Å². The third-order valence-electron chi connectivity index (χ3n) is 4.34. The topological polar surface area (TPSA) is 70.7 Å². The van der Waals surface area contributed by atoms with Gasteiger partial charge in [-0.05, 0) is 45.0 Å². The van der Waals surface area contributed by atoms with Gasteiger partial charge in [-0.25, -0.2) is 0 Å². The molecule has 1 aliphatic carbocycles. The molecule has 6 heteroatoms. The van der Waals surface area contributed by atoms with E-state index in [1.807, 2.05) is 43.3 Å². The fourth-order valence-corrected chi connectivity index (χ4v) is 2.63. The van der Waals surface area contributed by atoms with Crippen molar-refractivity contribution in [2.24, 2.45) is 5.41 Å². The third-order valence-corrected chi connectivity index (χ3v) is 4.34. The second-order valence-electron chi connectivity index (χ2n) is 6.46. The Labute approximate surface area is 143 Å². The average molecular weight is 333 g/mol. The zero-order chi connectivity index (χ0) is 17.6. The molecule has 0 unspecified atom stereocenters. The number of hydrogen-bond acceptors (Lipinski definition) is 4. The van der Waals surface area contributed by atoms with E-state index in [0.717, 1.165) is 17.9 Å². The first-order valence-electron chi connectivity index (χ1n) is 8.33. The van der Waals surface area contributed by atoms with Crippen molar-refractivity contribution in [1.82, 2.24) is 15.5 Å². The first-order chi connectivity index (χ1) is 11.5. The molecule has 0 aliphatic heterocycles. The van der Waals surface area contributed by atoms with Gasteiger partial charge in [0.15, 0.2) is 0 Å². The van der Waals surface area contributed by atoms with Crippen molar-refractivity contribution in [1.29, 1.82) is 0 Å². The van der Waals surface area contributed by atoms with Gasteiger partial charge in [0.2, 0.25) is 11.8 Å². The van der Waals surface area contributed by atoms with E-state index in [-0.39, 0.29) is 11.8 Å². The minimum absolute atomic E-state index is 0.154. The van der Waals surface area contributed by atoms with E-state index >= 15 is 0 Å². The molecule has 1 aliphatic rings. The Balaban J connectivity index is 1.80. The zero-order valence-electron chi connectivity index (χ0n) is 14.7. The molecule has 24 heavy (non-hydrogen) atoms. The number of methoxy groups -OCH3 is 1. The number of carbonyl (C=O) groups is 2. The van der Waals surface area contributed by atoms with Crippen LogP contribution in [0.4, 0.5) is 0 Å². The molecule has 132 valence electrons. The van der Waals surface area contributed by atoms with Crippen molar-refractivity contribution in [2.75, 3.05) is 40.8 Å². The van der Waals surface area contributed by atoms with Crippen molar-refractivity contribution in [3.63, 3.8) is 0 Å². The molecule has 0 heterocycles. The second kappa shape index (κ2) is 8.15. The third kappa shape index (κ3) is 4.47. The zero-order valence-corrected chi connectivity index (χ0v) is 14.7. The predicted octanol–water partition coefficient (Wildman–Crippen LogP) is 0.812. The molecule has 0 spiro atoms. The van der Waals surface area contributed by atoms with E-state index in [2.05, 4.69) is 10.6 Å². The van der Waals surface area contributed by atoms with Gasteiger partial charge < -0.3 is 20.3 Å². The van der Waals surface area contributed by atoms with Crippen LogP contribution in [-0.2, 0) is 16.0 Å². The van der Waals surface area contributed by atoms with Crippen LogP contribution in [-0.4, -0.2) is 57.6 Å². The number of amides is 2. The van der Waals surface area contributed by atoms with Crippen LogP contribution >= 0.6 is 0 Å². The Bertz CT molecular complexity index is 583. The van der Waals surface area contributed by atoms with E-state index in [1.165, 1.54) is 0 Å². The number of para-hydroxylation sites is 1. The molecule has 2 N–H and O–H groups in total. The normalized spacial score (nSPS) is 15.0. The SMILES string of the molecule is COc1ccccc1CCNC(=O)C1(C(=O)NCCN(C)C)CC1. The quantitative estimate of drug-likeness (QED) is 0.656. The summed E-state index contributed by atoms with van der Waals surface area (Å²) in [5.41, 5.74) is 0.188. The van der Waals surface area contributed by atoms with E-state index in [9.17, 15) is 9.59 Å². The summed E-state index contributed by atoms with van der Waals surface area (Å²) in [6, 6.07) is 7.74. The predicted molar refractivity (Wildman–Crippen MR) is 92.9 cm³/mol. The van der Waals surface area contributed by atoms with Crippen molar-refractivity contribution < 1.29 is 14.3 Å². The molecule has 0 aromatic heterocycles. The fraction of sp³-hybridized carbons (Fsp3) is 0.556. The summed E-state index contributed by atoms with van der Waals surface area (Å²) in [6.07, 6.45) is 1.93. The molecule has 2 rings (SSSR count). The molecule has 0 atom stereocenters. The van der Waals surface area contributed by atoms with E-state index in [4.69, 9.17) is 4.74 Å². The maximum Gasteiger partial charge on any atom is 0.235 e. The average Bonchev–Trinajstić information content (AvgIpc) is 3.36. The van der Waals surface area contributed by atoms with Crippen LogP contribution in [0.25, 0.3) is 0 Å². The Morgan fingerprint density at radius 2 is 1.75 bits per heavy atom. The Kier molecular flexibility index (Phi) is 6.20. The minimum Gasteiger partial charge on any atom is -0.496 e. The van der Waals surface area contributed by atoms with Crippen LogP contribution in [0.1, 0.15) is 18.4 Å². The summed E-state index contributed by atoms with van der Waals surface area (Å²) < 4.78 is 5.30. The summed E-state index contributed by atoms with van der Waals surface area (Å²) in [4.78, 5) is 26.7. The molecular formula is C18H27N3O3. The highest BCUT2D eigenvalue weighted by Gasteiger charge is 2.56. The fourth-order valence-electron chi connectivity index (χ4n) is 2.63. The molecular weight excluding hydrogens is 306 g/mol. The van der Waals surface area contributed by atoms with E-state index in [0.29, 0.717) is 32.4 Å². The summed E-state index contributed by atoms with van der Waals surface area (Å²) in [5, 5.41) is 5.76. The van der Waals surface area contributed by atoms with Crippen molar-refractivity contribution in [2.45, 2.75) is 19.3 Å². The van der Waals surface area contributed by atoms with Crippen LogP contribution in [0.3, 0.4) is 0 Å². The van der Waals surface area contributed by atoms with Gasteiger partial charge >= 0.3 is 0 Å². The first-order valence-corrected chi connectivity index (χ1v) is 8.33. The van der Waals surface area contributed by atoms with Gasteiger partial charge in [0.05, 0.1) is 7.11 Å². The number of carbonyl (C=O) groups excluding carboxylic acids is 2. The summed E-state index contributed by atoms with van der Waals surface area (Å²) in [5.74, 6) is 0.494. The lowest BCUT2D eigenvalue weighted by Crippen LogP contribution is -2.45. The van der Waals surface area contributed by atoms with Gasteiger partial charge in [-0.3, -0.25) is 9.59 Å². The van der Waals surface area contributed by atoms with Gasteiger partial charge in [0, 0.05) is 19.6 Å². The van der Waals surface area contributed by atoms with Gasteiger partial charge in [0.25, 0.3) is 0 Å². The second-order valence-corrected chi connectivity index (χ2v) is 6.46. The van der Waals surface area contributed by atoms with Gasteiger partial charge in [-0.1, -0.05) is 18.2 Å². The van der Waals surface area contributed by atoms with Crippen molar-refractivity contribution >= 4 is 11.8 Å². The monoisotopic (exact) mass is 333 g/mol. The van der Waals surface area contributed by atoms with Crippen molar-refractivity contribution in [3.05, 3.63) is 29.8 Å². The maximum absolute atomic E-state index is 12.4. The first kappa shape index (κ1) is 18.3. The lowest BCUT2D eigenvalue weighted by Gasteiger charge is -2.17. The van der Waals surface area contributed by atoms with Crippen LogP contribution in [0, 0.1) is 5.41 Å². The Morgan fingerprint density at radius 1 is 1.12 bits per heavy atom. The number of nitrogens with zero attached hydrogens (tertiary/aromatic N) is 1. The summed E-state index contributed by atoms with van der Waals surface area (Å²) >= 11 is 0. The molecule has 1 aromatic rings. The van der Waals surface area contributed by atoms with Crippen LogP contribution in [0.15, 0.2) is 24.3 Å². The van der Waals surface area contributed by atoms with E-state index in [1.54, 1.807) is 7.11 Å². The smallest absolute Gasteiger partial charge is 0.235 e. The summed E-state index contributed by atoms with van der Waals surface area (Å²) in [7, 11) is 5.53. The van der Waals surface area contributed by atoms with Crippen molar-refractivity contribution in [3.8, 4) is 5.75 Å². The number of likely N-dealkylation sites (N-methyl/N-ethyl adjacent to an activating group) is 1. The molecule has 0 radical (unpaired) electrons. The minimum atomic E-state index is -0.854. The standard InChI is InChI=1S/C18H27N3O3/c1-21(2)13-12-20-17(23)18(9-10-18)16(22)19-11-8-14-6-4-5-7-15(14)24-3/h4-7H,8-13H2,1-3H3,(H,19,22)(H,20,23). The van der Waals surface area contributed by atoms with Gasteiger partial charge in [-0.15, -0.1) is 0 Å². The lowest BCUT2D eigenvalue weighted by molar-refractivity contribution is -0.137. The number of nitrogens with one attached hydrogen (secondary N) is 2. The van der Waals surface area contributed by atoms with Crippen LogP contribution in [0.5, 0.6) is 5.75 Å². The van der Waals surface area contributed by atoms with Crippen LogP contribution in [0.2, 0.25) is 0 Å². The number of ether oxygens (including phenoxy) is 1. The molecule has 2 amide bonds. The highest BCUT2D eigenvalue weighted by atomic mass is 16.5. The maximum atomic E-state index is 12.4. The lowest BCUT2D eigenvalue weighted by atomic mass is 10.0. The molecule has 1 saturated carbocycles. The number of rotatable bonds is 9. The van der Waals surface area contributed by atoms with E-state index < -0.39 is 5.41 Å². The highest BCUT2D eigenvalue weighted by Crippen LogP contribution is 2.46. The molecule has 6 nitrogen and oxygen atoms in total. The summed E-state index contributed by atoms with van der Waals surface area (Å²) in [6.45, 7) is 1.81. The number of hydrogen-bond donors (Lipinski definition) is 2. The Hall–Kier alpha value is -2.08. The highest BCUT2D eigenvalue weighted by molar-refractivity contribution is 6.07. The molecule has 1 aromatic carbocycles. The molecule has 1 fully saturated rings. The number of benzene rings is 1. The van der Waals surface area contributed by atoms with Crippen LogP contribution < -0.4 is 15.4 Å². The molecule has 0 bridgehead atoms. The van der Waals surface area contributed by atoms with Gasteiger partial charge in [0.1, 0.15) is 11.2 Å². The molecule has 0 saturated heterocycles. The largest absolute Gasteiger partial charge is 0.496 e. The Morgan fingerprint density at radius 3 is 2.33 bits per heavy atom.